The van der Waals surface area contributed by atoms with E-state index < -0.39 is 6.04 Å². The number of carbonyl (C=O) groups excluding carboxylic acids is 1. The molecule has 24 heavy (non-hydrogen) atoms. The van der Waals surface area contributed by atoms with E-state index in [-0.39, 0.29) is 11.3 Å². The fourth-order valence-corrected chi connectivity index (χ4v) is 3.23. The molecule has 2 unspecified atom stereocenters. The van der Waals surface area contributed by atoms with Gasteiger partial charge in [0.05, 0.1) is 0 Å². The van der Waals surface area contributed by atoms with Crippen molar-refractivity contribution >= 4 is 5.91 Å². The third kappa shape index (κ3) is 3.31. The second-order valence-corrected chi connectivity index (χ2v) is 6.90. The monoisotopic (exact) mass is 328 g/mol. The number of tetrazole rings is 1. The maximum absolute atomic E-state index is 13.2. The van der Waals surface area contributed by atoms with Crippen LogP contribution in [0.15, 0.2) is 30.3 Å². The summed E-state index contributed by atoms with van der Waals surface area (Å²) in [6, 6.07) is 9.54. The van der Waals surface area contributed by atoms with Crippen LogP contribution >= 0.6 is 0 Å². The van der Waals surface area contributed by atoms with Crippen LogP contribution in [0.4, 0.5) is 0 Å². The van der Waals surface area contributed by atoms with Gasteiger partial charge in [-0.05, 0) is 41.3 Å². The summed E-state index contributed by atoms with van der Waals surface area (Å²) in [6.45, 7) is 5.96. The van der Waals surface area contributed by atoms with Gasteiger partial charge < -0.3 is 10.6 Å². The SMILES string of the molecule is Cc1nnnn1C(Cc1ccccc1)C(=O)N1CCC(C)(CN)C1. The third-order valence-electron chi connectivity index (χ3n) is 4.87. The number of benzene rings is 1. The summed E-state index contributed by atoms with van der Waals surface area (Å²) >= 11 is 0. The minimum absolute atomic E-state index is 0.00260. The lowest BCUT2D eigenvalue weighted by Gasteiger charge is -2.26. The van der Waals surface area contributed by atoms with Crippen LogP contribution in [0.1, 0.15) is 30.8 Å². The number of rotatable bonds is 5. The molecule has 1 fully saturated rings. The molecule has 3 rings (SSSR count). The van der Waals surface area contributed by atoms with E-state index >= 15 is 0 Å². The van der Waals surface area contributed by atoms with E-state index in [2.05, 4.69) is 22.4 Å². The van der Waals surface area contributed by atoms with E-state index in [4.69, 9.17) is 5.73 Å². The van der Waals surface area contributed by atoms with Gasteiger partial charge in [-0.15, -0.1) is 5.10 Å². The molecular formula is C17H24N6O. The fraction of sp³-hybridized carbons (Fsp3) is 0.529. The van der Waals surface area contributed by atoms with E-state index in [1.54, 1.807) is 4.68 Å². The molecule has 2 aromatic rings. The summed E-state index contributed by atoms with van der Waals surface area (Å²) in [5, 5.41) is 11.7. The van der Waals surface area contributed by atoms with Crippen molar-refractivity contribution < 1.29 is 4.79 Å². The molecule has 0 aliphatic carbocycles. The maximum atomic E-state index is 13.2. The maximum Gasteiger partial charge on any atom is 0.247 e. The van der Waals surface area contributed by atoms with Crippen molar-refractivity contribution in [3.8, 4) is 0 Å². The van der Waals surface area contributed by atoms with Crippen LogP contribution in [-0.2, 0) is 11.2 Å². The summed E-state index contributed by atoms with van der Waals surface area (Å²) in [5.41, 5.74) is 6.97. The predicted octanol–water partition coefficient (Wildman–Crippen LogP) is 0.963. The van der Waals surface area contributed by atoms with Gasteiger partial charge in [-0.1, -0.05) is 37.3 Å². The second-order valence-electron chi connectivity index (χ2n) is 6.90. The molecular weight excluding hydrogens is 304 g/mol. The van der Waals surface area contributed by atoms with Gasteiger partial charge in [-0.2, -0.15) is 0 Å². The van der Waals surface area contributed by atoms with Gasteiger partial charge in [0.1, 0.15) is 11.9 Å². The normalized spacial score (nSPS) is 21.9. The quantitative estimate of drug-likeness (QED) is 0.883. The van der Waals surface area contributed by atoms with E-state index in [9.17, 15) is 4.79 Å². The molecule has 2 N–H and O–H groups in total. The Hall–Kier alpha value is -2.28. The van der Waals surface area contributed by atoms with Gasteiger partial charge in [0.15, 0.2) is 0 Å². The Bertz CT molecular complexity index is 700. The minimum atomic E-state index is -0.428. The Morgan fingerprint density at radius 3 is 2.71 bits per heavy atom. The van der Waals surface area contributed by atoms with E-state index in [0.717, 1.165) is 18.5 Å². The third-order valence-corrected chi connectivity index (χ3v) is 4.87. The number of likely N-dealkylation sites (tertiary alicyclic amines) is 1. The van der Waals surface area contributed by atoms with Crippen LogP contribution in [0.5, 0.6) is 0 Å². The first kappa shape index (κ1) is 16.6. The van der Waals surface area contributed by atoms with Crippen molar-refractivity contribution in [1.29, 1.82) is 0 Å². The summed E-state index contributed by atoms with van der Waals surface area (Å²) in [4.78, 5) is 15.1. The standard InChI is InChI=1S/C17H24N6O/c1-13-19-20-21-23(13)15(10-14-6-4-3-5-7-14)16(24)22-9-8-17(2,11-18)12-22/h3-7,15H,8-12,18H2,1-2H3. The van der Waals surface area contributed by atoms with Crippen LogP contribution in [0.25, 0.3) is 0 Å². The van der Waals surface area contributed by atoms with Crippen LogP contribution in [-0.4, -0.2) is 50.6 Å². The molecule has 1 aromatic heterocycles. The van der Waals surface area contributed by atoms with Gasteiger partial charge in [0.25, 0.3) is 0 Å². The molecule has 1 saturated heterocycles. The molecule has 1 amide bonds. The lowest BCUT2D eigenvalue weighted by Crippen LogP contribution is -2.40. The number of nitrogens with two attached hydrogens (primary N) is 1. The van der Waals surface area contributed by atoms with Crippen molar-refractivity contribution in [2.24, 2.45) is 11.1 Å². The zero-order valence-electron chi connectivity index (χ0n) is 14.2. The second kappa shape index (κ2) is 6.68. The zero-order valence-corrected chi connectivity index (χ0v) is 14.2. The van der Waals surface area contributed by atoms with Crippen LogP contribution < -0.4 is 5.73 Å². The summed E-state index contributed by atoms with van der Waals surface area (Å²) in [7, 11) is 0. The zero-order chi connectivity index (χ0) is 17.2. The highest BCUT2D eigenvalue weighted by molar-refractivity contribution is 5.81. The number of hydrogen-bond acceptors (Lipinski definition) is 5. The lowest BCUT2D eigenvalue weighted by atomic mass is 9.90. The Balaban J connectivity index is 1.85. The summed E-state index contributed by atoms with van der Waals surface area (Å²) in [5.74, 6) is 0.705. The minimum Gasteiger partial charge on any atom is -0.340 e. The molecule has 7 nitrogen and oxygen atoms in total. The Morgan fingerprint density at radius 2 is 2.12 bits per heavy atom. The molecule has 0 radical (unpaired) electrons. The molecule has 1 aliphatic rings. The van der Waals surface area contributed by atoms with E-state index in [0.29, 0.717) is 25.3 Å². The molecule has 2 atom stereocenters. The highest BCUT2D eigenvalue weighted by Crippen LogP contribution is 2.30. The van der Waals surface area contributed by atoms with Crippen molar-refractivity contribution in [1.82, 2.24) is 25.1 Å². The highest BCUT2D eigenvalue weighted by Gasteiger charge is 2.38. The number of aryl methyl sites for hydroxylation is 1. The van der Waals surface area contributed by atoms with Crippen molar-refractivity contribution in [3.05, 3.63) is 41.7 Å². The summed E-state index contributed by atoms with van der Waals surface area (Å²) < 4.78 is 1.63. The lowest BCUT2D eigenvalue weighted by molar-refractivity contribution is -0.134. The Kier molecular flexibility index (Phi) is 4.62. The fourth-order valence-electron chi connectivity index (χ4n) is 3.23. The number of carbonyl (C=O) groups is 1. The average Bonchev–Trinajstić information content (AvgIpc) is 3.20. The van der Waals surface area contributed by atoms with Crippen LogP contribution in [0.2, 0.25) is 0 Å². The van der Waals surface area contributed by atoms with Gasteiger partial charge in [-0.3, -0.25) is 4.79 Å². The number of amides is 1. The first-order valence-corrected chi connectivity index (χ1v) is 8.30. The molecule has 128 valence electrons. The highest BCUT2D eigenvalue weighted by atomic mass is 16.2. The molecule has 2 heterocycles. The van der Waals surface area contributed by atoms with E-state index in [1.165, 1.54) is 0 Å². The Labute approximate surface area is 141 Å². The number of nitrogens with zero attached hydrogens (tertiary/aromatic N) is 5. The largest absolute Gasteiger partial charge is 0.340 e. The van der Waals surface area contributed by atoms with Crippen molar-refractivity contribution in [2.45, 2.75) is 32.7 Å². The topological polar surface area (TPSA) is 89.9 Å². The van der Waals surface area contributed by atoms with Crippen molar-refractivity contribution in [3.63, 3.8) is 0 Å². The molecule has 7 heteroatoms. The smallest absolute Gasteiger partial charge is 0.247 e. The molecule has 1 aliphatic heterocycles. The predicted molar refractivity (Wildman–Crippen MR) is 90.1 cm³/mol. The van der Waals surface area contributed by atoms with Crippen LogP contribution in [0, 0.1) is 12.3 Å². The molecule has 1 aromatic carbocycles. The molecule has 0 bridgehead atoms. The number of aromatic nitrogens is 4. The average molecular weight is 328 g/mol. The van der Waals surface area contributed by atoms with Crippen molar-refractivity contribution in [2.75, 3.05) is 19.6 Å². The Morgan fingerprint density at radius 1 is 1.38 bits per heavy atom. The van der Waals surface area contributed by atoms with Gasteiger partial charge in [-0.25, -0.2) is 4.68 Å². The van der Waals surface area contributed by atoms with Gasteiger partial charge >= 0.3 is 0 Å². The first-order valence-electron chi connectivity index (χ1n) is 8.30. The first-order chi connectivity index (χ1) is 11.5. The number of hydrogen-bond donors (Lipinski definition) is 1. The van der Waals surface area contributed by atoms with Crippen LogP contribution in [0.3, 0.4) is 0 Å². The van der Waals surface area contributed by atoms with E-state index in [1.807, 2.05) is 42.2 Å². The van der Waals surface area contributed by atoms with Gasteiger partial charge in [0.2, 0.25) is 5.91 Å². The summed E-state index contributed by atoms with van der Waals surface area (Å²) in [6.07, 6.45) is 1.50. The van der Waals surface area contributed by atoms with Gasteiger partial charge in [0, 0.05) is 19.5 Å². The molecule has 0 saturated carbocycles. The molecule has 0 spiro atoms.